The van der Waals surface area contributed by atoms with Gasteiger partial charge in [0.25, 0.3) is 0 Å². The molecule has 1 rings (SSSR count). The SMILES string of the molecule is CCS(=O)(=O)C1(C(=O)O)CC(C(=O)O)CC1C. The Kier molecular flexibility index (Phi) is 3.52. The van der Waals surface area contributed by atoms with Crippen molar-refractivity contribution in [3.63, 3.8) is 0 Å². The maximum Gasteiger partial charge on any atom is 0.325 e. The first-order chi connectivity index (χ1) is 7.69. The molecule has 0 amide bonds. The summed E-state index contributed by atoms with van der Waals surface area (Å²) in [4.78, 5) is 22.2. The van der Waals surface area contributed by atoms with E-state index < -0.39 is 38.4 Å². The van der Waals surface area contributed by atoms with Gasteiger partial charge in [-0.25, -0.2) is 8.42 Å². The molecule has 1 fully saturated rings. The Morgan fingerprint density at radius 3 is 2.18 bits per heavy atom. The Bertz CT molecular complexity index is 440. The van der Waals surface area contributed by atoms with Gasteiger partial charge < -0.3 is 10.2 Å². The highest BCUT2D eigenvalue weighted by Crippen LogP contribution is 2.45. The van der Waals surface area contributed by atoms with Gasteiger partial charge in [-0.3, -0.25) is 9.59 Å². The minimum absolute atomic E-state index is 0.0842. The van der Waals surface area contributed by atoms with Crippen LogP contribution in [0.2, 0.25) is 0 Å². The lowest BCUT2D eigenvalue weighted by Gasteiger charge is -2.28. The predicted molar refractivity (Wildman–Crippen MR) is 59.4 cm³/mol. The van der Waals surface area contributed by atoms with Crippen molar-refractivity contribution in [1.82, 2.24) is 0 Å². The van der Waals surface area contributed by atoms with Crippen molar-refractivity contribution in [2.75, 3.05) is 5.75 Å². The van der Waals surface area contributed by atoms with E-state index in [1.54, 1.807) is 0 Å². The normalized spacial score (nSPS) is 33.5. The summed E-state index contributed by atoms with van der Waals surface area (Å²) in [7, 11) is -3.84. The van der Waals surface area contributed by atoms with E-state index in [1.807, 2.05) is 0 Å². The Morgan fingerprint density at radius 2 is 1.88 bits per heavy atom. The molecule has 1 aliphatic carbocycles. The molecule has 0 aromatic rings. The minimum Gasteiger partial charge on any atom is -0.481 e. The zero-order valence-electron chi connectivity index (χ0n) is 9.71. The van der Waals surface area contributed by atoms with Crippen LogP contribution in [0, 0.1) is 11.8 Å². The summed E-state index contributed by atoms with van der Waals surface area (Å²) in [5.41, 5.74) is 0. The van der Waals surface area contributed by atoms with Crippen molar-refractivity contribution in [2.45, 2.75) is 31.4 Å². The molecule has 0 saturated heterocycles. The van der Waals surface area contributed by atoms with E-state index in [4.69, 9.17) is 5.11 Å². The van der Waals surface area contributed by atoms with E-state index in [1.165, 1.54) is 13.8 Å². The van der Waals surface area contributed by atoms with Crippen molar-refractivity contribution in [3.8, 4) is 0 Å². The standard InChI is InChI=1S/C10H16O6S/c1-3-17(15,16)10(9(13)14)5-7(8(11)12)4-6(10)2/h6-7H,3-5H2,1-2H3,(H,11,12)(H,13,14). The topological polar surface area (TPSA) is 109 Å². The Balaban J connectivity index is 3.29. The van der Waals surface area contributed by atoms with Crippen molar-refractivity contribution in [2.24, 2.45) is 11.8 Å². The van der Waals surface area contributed by atoms with Crippen LogP contribution in [0.4, 0.5) is 0 Å². The lowest BCUT2D eigenvalue weighted by atomic mass is 9.97. The van der Waals surface area contributed by atoms with E-state index in [0.29, 0.717) is 0 Å². The van der Waals surface area contributed by atoms with Gasteiger partial charge in [0.15, 0.2) is 14.6 Å². The molecule has 0 aliphatic heterocycles. The first kappa shape index (κ1) is 14.0. The molecule has 2 N–H and O–H groups in total. The maximum absolute atomic E-state index is 12.0. The number of carboxylic acid groups (broad SMARTS) is 2. The fourth-order valence-electron chi connectivity index (χ4n) is 2.58. The molecule has 3 atom stereocenters. The van der Waals surface area contributed by atoms with Crippen LogP contribution in [0.25, 0.3) is 0 Å². The number of carboxylic acids is 2. The monoisotopic (exact) mass is 264 g/mol. The molecule has 0 radical (unpaired) electrons. The Labute approximate surface area is 99.6 Å². The molecular formula is C10H16O6S. The zero-order valence-corrected chi connectivity index (χ0v) is 10.5. The van der Waals surface area contributed by atoms with E-state index in [-0.39, 0.29) is 18.6 Å². The molecule has 0 spiro atoms. The zero-order chi connectivity index (χ0) is 13.4. The molecular weight excluding hydrogens is 248 g/mol. The smallest absolute Gasteiger partial charge is 0.325 e. The third-order valence-corrected chi connectivity index (χ3v) is 6.24. The molecule has 6 nitrogen and oxygen atoms in total. The van der Waals surface area contributed by atoms with Crippen molar-refractivity contribution in [3.05, 3.63) is 0 Å². The lowest BCUT2D eigenvalue weighted by Crippen LogP contribution is -2.49. The largest absolute Gasteiger partial charge is 0.481 e. The van der Waals surface area contributed by atoms with Gasteiger partial charge >= 0.3 is 11.9 Å². The summed E-state index contributed by atoms with van der Waals surface area (Å²) in [6, 6.07) is 0. The van der Waals surface area contributed by atoms with E-state index >= 15 is 0 Å². The van der Waals surface area contributed by atoms with E-state index in [0.717, 1.165) is 0 Å². The predicted octanol–water partition coefficient (Wildman–Crippen LogP) is 0.375. The molecule has 17 heavy (non-hydrogen) atoms. The first-order valence-corrected chi connectivity index (χ1v) is 7.02. The molecule has 0 aromatic heterocycles. The highest BCUT2D eigenvalue weighted by molar-refractivity contribution is 7.93. The number of rotatable bonds is 4. The molecule has 0 heterocycles. The molecule has 1 saturated carbocycles. The fourth-order valence-corrected chi connectivity index (χ4v) is 4.52. The quantitative estimate of drug-likeness (QED) is 0.759. The van der Waals surface area contributed by atoms with Gasteiger partial charge in [0, 0.05) is 5.75 Å². The van der Waals surface area contributed by atoms with Gasteiger partial charge in [0.1, 0.15) is 0 Å². The second-order valence-corrected chi connectivity index (χ2v) is 7.01. The van der Waals surface area contributed by atoms with Gasteiger partial charge in [-0.05, 0) is 18.8 Å². The van der Waals surface area contributed by atoms with Gasteiger partial charge in [-0.1, -0.05) is 13.8 Å². The van der Waals surface area contributed by atoms with Crippen molar-refractivity contribution >= 4 is 21.8 Å². The van der Waals surface area contributed by atoms with Crippen LogP contribution in [-0.2, 0) is 19.4 Å². The lowest BCUT2D eigenvalue weighted by molar-refractivity contribution is -0.142. The molecule has 0 bridgehead atoms. The highest BCUT2D eigenvalue weighted by atomic mass is 32.2. The summed E-state index contributed by atoms with van der Waals surface area (Å²) < 4.78 is 22.0. The number of hydrogen-bond acceptors (Lipinski definition) is 4. The van der Waals surface area contributed by atoms with Gasteiger partial charge in [-0.2, -0.15) is 0 Å². The average molecular weight is 264 g/mol. The molecule has 1 aliphatic rings. The minimum atomic E-state index is -3.84. The van der Waals surface area contributed by atoms with Crippen LogP contribution in [-0.4, -0.2) is 41.1 Å². The Morgan fingerprint density at radius 1 is 1.35 bits per heavy atom. The van der Waals surface area contributed by atoms with Gasteiger partial charge in [-0.15, -0.1) is 0 Å². The van der Waals surface area contributed by atoms with Gasteiger partial charge in [0.05, 0.1) is 5.92 Å². The first-order valence-electron chi connectivity index (χ1n) is 5.37. The van der Waals surface area contributed by atoms with Crippen LogP contribution in [0.5, 0.6) is 0 Å². The maximum atomic E-state index is 12.0. The fraction of sp³-hybridized carbons (Fsp3) is 0.800. The third-order valence-electron chi connectivity index (χ3n) is 3.63. The van der Waals surface area contributed by atoms with Gasteiger partial charge in [0.2, 0.25) is 0 Å². The third kappa shape index (κ3) is 1.92. The molecule has 3 unspecified atom stereocenters. The van der Waals surface area contributed by atoms with E-state index in [2.05, 4.69) is 0 Å². The van der Waals surface area contributed by atoms with Crippen LogP contribution in [0.1, 0.15) is 26.7 Å². The highest BCUT2D eigenvalue weighted by Gasteiger charge is 2.60. The van der Waals surface area contributed by atoms with Crippen LogP contribution in [0.3, 0.4) is 0 Å². The van der Waals surface area contributed by atoms with Crippen LogP contribution < -0.4 is 0 Å². The number of hydrogen-bond donors (Lipinski definition) is 2. The summed E-state index contributed by atoms with van der Waals surface area (Å²) in [6.07, 6.45) is -0.254. The summed E-state index contributed by atoms with van der Waals surface area (Å²) in [6.45, 7) is 2.87. The number of carbonyl (C=O) groups is 2. The molecule has 98 valence electrons. The summed E-state index contributed by atoms with van der Waals surface area (Å²) >= 11 is 0. The molecule has 0 aromatic carbocycles. The average Bonchev–Trinajstić information content (AvgIpc) is 2.57. The van der Waals surface area contributed by atoms with Crippen LogP contribution in [0.15, 0.2) is 0 Å². The number of sulfone groups is 1. The second kappa shape index (κ2) is 4.29. The van der Waals surface area contributed by atoms with E-state index in [9.17, 15) is 23.1 Å². The summed E-state index contributed by atoms with van der Waals surface area (Å²) in [5.74, 6) is -4.45. The molecule has 7 heteroatoms. The van der Waals surface area contributed by atoms with Crippen molar-refractivity contribution in [1.29, 1.82) is 0 Å². The van der Waals surface area contributed by atoms with Crippen LogP contribution >= 0.6 is 0 Å². The summed E-state index contributed by atoms with van der Waals surface area (Å²) in [5, 5.41) is 18.1. The second-order valence-electron chi connectivity index (χ2n) is 4.47. The number of aliphatic carboxylic acids is 2. The Hall–Kier alpha value is -1.11. The van der Waals surface area contributed by atoms with Crippen molar-refractivity contribution < 1.29 is 28.2 Å².